The van der Waals surface area contributed by atoms with E-state index in [9.17, 15) is 0 Å². The second kappa shape index (κ2) is 6.33. The van der Waals surface area contributed by atoms with Crippen LogP contribution in [0.15, 0.2) is 35.7 Å². The summed E-state index contributed by atoms with van der Waals surface area (Å²) in [5.74, 6) is 0. The molecule has 3 aromatic rings. The molecule has 0 spiro atoms. The maximum absolute atomic E-state index is 4.58. The van der Waals surface area contributed by atoms with Crippen molar-refractivity contribution >= 4 is 22.2 Å². The van der Waals surface area contributed by atoms with E-state index in [0.29, 0.717) is 0 Å². The number of hydrogen-bond acceptors (Lipinski definition) is 4. The van der Waals surface area contributed by atoms with Gasteiger partial charge in [-0.25, -0.2) is 4.98 Å². The lowest BCUT2D eigenvalue weighted by molar-refractivity contribution is 0.687. The Balaban J connectivity index is 1.65. The van der Waals surface area contributed by atoms with E-state index in [1.807, 2.05) is 19.9 Å². The van der Waals surface area contributed by atoms with E-state index >= 15 is 0 Å². The van der Waals surface area contributed by atoms with E-state index < -0.39 is 0 Å². The van der Waals surface area contributed by atoms with Gasteiger partial charge in [0.05, 0.1) is 10.5 Å². The van der Waals surface area contributed by atoms with Crippen molar-refractivity contribution in [3.63, 3.8) is 0 Å². The van der Waals surface area contributed by atoms with Gasteiger partial charge in [0.25, 0.3) is 0 Å². The lowest BCUT2D eigenvalue weighted by Gasteiger charge is -2.09. The van der Waals surface area contributed by atoms with Crippen LogP contribution in [0.4, 0.5) is 0 Å². The highest BCUT2D eigenvalue weighted by atomic mass is 32.1. The Morgan fingerprint density at radius 2 is 1.95 bits per heavy atom. The summed E-state index contributed by atoms with van der Waals surface area (Å²) in [4.78, 5) is 9.07. The van der Waals surface area contributed by atoms with E-state index in [0.717, 1.165) is 36.4 Å². The number of nitrogens with one attached hydrogen (secondary N) is 1. The predicted octanol–water partition coefficient (Wildman–Crippen LogP) is 3.64. The van der Waals surface area contributed by atoms with Gasteiger partial charge in [-0.3, -0.25) is 4.98 Å². The van der Waals surface area contributed by atoms with Crippen molar-refractivity contribution in [2.45, 2.75) is 26.8 Å². The van der Waals surface area contributed by atoms with Crippen molar-refractivity contribution in [3.05, 3.63) is 57.7 Å². The minimum Gasteiger partial charge on any atom is -0.312 e. The highest BCUT2D eigenvalue weighted by Crippen LogP contribution is 2.18. The molecule has 1 N–H and O–H groups in total. The molecule has 108 valence electrons. The summed E-state index contributed by atoms with van der Waals surface area (Å²) in [5, 5.41) is 8.07. The lowest BCUT2D eigenvalue weighted by Crippen LogP contribution is -2.17. The quantitative estimate of drug-likeness (QED) is 0.731. The van der Waals surface area contributed by atoms with Crippen LogP contribution >= 0.6 is 11.3 Å². The smallest absolute Gasteiger partial charge is 0.0940 e. The molecule has 3 rings (SSSR count). The molecule has 0 aliphatic carbocycles. The third-order valence-electron chi connectivity index (χ3n) is 3.43. The number of aryl methyl sites for hydroxylation is 2. The van der Waals surface area contributed by atoms with Crippen LogP contribution in [0.2, 0.25) is 0 Å². The first-order valence-electron chi connectivity index (χ1n) is 7.19. The Bertz CT molecular complexity index is 749. The third kappa shape index (κ3) is 3.46. The SMILES string of the molecule is Cc1csc(CCNCc2cc(C)nc3ccccc23)n1. The van der Waals surface area contributed by atoms with Gasteiger partial charge in [-0.1, -0.05) is 18.2 Å². The molecular weight excluding hydrogens is 278 g/mol. The second-order valence-corrected chi connectivity index (χ2v) is 6.19. The van der Waals surface area contributed by atoms with Crippen LogP contribution in [-0.4, -0.2) is 16.5 Å². The first-order valence-corrected chi connectivity index (χ1v) is 8.07. The number of para-hydroxylation sites is 1. The first kappa shape index (κ1) is 14.2. The number of hydrogen-bond donors (Lipinski definition) is 1. The van der Waals surface area contributed by atoms with Crippen LogP contribution in [0.25, 0.3) is 10.9 Å². The molecule has 0 amide bonds. The molecule has 1 aromatic carbocycles. The summed E-state index contributed by atoms with van der Waals surface area (Å²) in [6.07, 6.45) is 0.987. The number of benzene rings is 1. The third-order valence-corrected chi connectivity index (χ3v) is 4.45. The first-order chi connectivity index (χ1) is 10.2. The minimum absolute atomic E-state index is 0.869. The number of fused-ring (bicyclic) bond motifs is 1. The van der Waals surface area contributed by atoms with Gasteiger partial charge in [0.2, 0.25) is 0 Å². The largest absolute Gasteiger partial charge is 0.312 e. The van der Waals surface area contributed by atoms with Gasteiger partial charge in [-0.2, -0.15) is 0 Å². The van der Waals surface area contributed by atoms with Crippen LogP contribution < -0.4 is 5.32 Å². The lowest BCUT2D eigenvalue weighted by atomic mass is 10.1. The molecule has 0 fully saturated rings. The zero-order chi connectivity index (χ0) is 14.7. The van der Waals surface area contributed by atoms with Gasteiger partial charge in [0, 0.05) is 41.7 Å². The van der Waals surface area contributed by atoms with E-state index in [4.69, 9.17) is 0 Å². The Morgan fingerprint density at radius 3 is 2.76 bits per heavy atom. The summed E-state index contributed by atoms with van der Waals surface area (Å²) < 4.78 is 0. The molecule has 0 aliphatic heterocycles. The number of thiazole rings is 1. The van der Waals surface area contributed by atoms with Crippen molar-refractivity contribution in [2.24, 2.45) is 0 Å². The van der Waals surface area contributed by atoms with Crippen LogP contribution in [0.3, 0.4) is 0 Å². The van der Waals surface area contributed by atoms with Gasteiger partial charge < -0.3 is 5.32 Å². The number of pyridine rings is 1. The van der Waals surface area contributed by atoms with Crippen LogP contribution in [0, 0.1) is 13.8 Å². The molecule has 0 unspecified atom stereocenters. The van der Waals surface area contributed by atoms with Crippen molar-refractivity contribution < 1.29 is 0 Å². The van der Waals surface area contributed by atoms with Gasteiger partial charge >= 0.3 is 0 Å². The Kier molecular flexibility index (Phi) is 4.27. The fraction of sp³-hybridized carbons (Fsp3) is 0.294. The van der Waals surface area contributed by atoms with Crippen molar-refractivity contribution in [1.29, 1.82) is 0 Å². The number of rotatable bonds is 5. The molecule has 2 heterocycles. The van der Waals surface area contributed by atoms with Crippen molar-refractivity contribution in [3.8, 4) is 0 Å². The van der Waals surface area contributed by atoms with Crippen LogP contribution in [0.5, 0.6) is 0 Å². The molecule has 0 radical (unpaired) electrons. The maximum Gasteiger partial charge on any atom is 0.0940 e. The van der Waals surface area contributed by atoms with Gasteiger partial charge in [0.15, 0.2) is 0 Å². The summed E-state index contributed by atoms with van der Waals surface area (Å²) in [6, 6.07) is 10.5. The maximum atomic E-state index is 4.58. The van der Waals surface area contributed by atoms with Crippen LogP contribution in [0.1, 0.15) is 22.0 Å². The fourth-order valence-corrected chi connectivity index (χ4v) is 3.25. The standard InChI is InChI=1S/C17H19N3S/c1-12-9-14(15-5-3-4-6-16(15)19-12)10-18-8-7-17-20-13(2)11-21-17/h3-6,9,11,18H,7-8,10H2,1-2H3. The normalized spacial score (nSPS) is 11.1. The average Bonchev–Trinajstić information content (AvgIpc) is 2.89. The van der Waals surface area contributed by atoms with Crippen molar-refractivity contribution in [1.82, 2.24) is 15.3 Å². The monoisotopic (exact) mass is 297 g/mol. The summed E-state index contributed by atoms with van der Waals surface area (Å²) >= 11 is 1.74. The van der Waals surface area contributed by atoms with E-state index in [1.165, 1.54) is 16.0 Å². The van der Waals surface area contributed by atoms with E-state index in [-0.39, 0.29) is 0 Å². The molecule has 4 heteroatoms. The molecule has 0 saturated carbocycles. The van der Waals surface area contributed by atoms with E-state index in [1.54, 1.807) is 11.3 Å². The zero-order valence-corrected chi connectivity index (χ0v) is 13.2. The number of aromatic nitrogens is 2. The summed E-state index contributed by atoms with van der Waals surface area (Å²) in [5.41, 5.74) is 4.57. The highest BCUT2D eigenvalue weighted by molar-refractivity contribution is 7.09. The van der Waals surface area contributed by atoms with Gasteiger partial charge in [-0.15, -0.1) is 11.3 Å². The summed E-state index contributed by atoms with van der Waals surface area (Å²) in [6.45, 7) is 5.91. The molecule has 3 nitrogen and oxygen atoms in total. The van der Waals surface area contributed by atoms with E-state index in [2.05, 4.69) is 44.9 Å². The molecule has 0 bridgehead atoms. The molecule has 0 aliphatic rings. The van der Waals surface area contributed by atoms with Crippen molar-refractivity contribution in [2.75, 3.05) is 6.54 Å². The zero-order valence-electron chi connectivity index (χ0n) is 12.4. The second-order valence-electron chi connectivity index (χ2n) is 5.25. The highest BCUT2D eigenvalue weighted by Gasteiger charge is 2.04. The van der Waals surface area contributed by atoms with Crippen LogP contribution in [-0.2, 0) is 13.0 Å². The minimum atomic E-state index is 0.869. The Morgan fingerprint density at radius 1 is 1.10 bits per heavy atom. The van der Waals surface area contributed by atoms with Gasteiger partial charge in [-0.05, 0) is 31.5 Å². The fourth-order valence-electron chi connectivity index (χ4n) is 2.48. The number of nitrogens with zero attached hydrogens (tertiary/aromatic N) is 2. The Labute approximate surface area is 129 Å². The average molecular weight is 297 g/mol. The Hall–Kier alpha value is -1.78. The van der Waals surface area contributed by atoms with Gasteiger partial charge in [0.1, 0.15) is 0 Å². The molecule has 0 atom stereocenters. The molecular formula is C17H19N3S. The topological polar surface area (TPSA) is 37.8 Å². The molecule has 0 saturated heterocycles. The molecule has 2 aromatic heterocycles. The predicted molar refractivity (Wildman–Crippen MR) is 88.7 cm³/mol. The summed E-state index contributed by atoms with van der Waals surface area (Å²) in [7, 11) is 0. The molecule has 21 heavy (non-hydrogen) atoms.